The van der Waals surface area contributed by atoms with Crippen LogP contribution >= 0.6 is 11.6 Å². The Morgan fingerprint density at radius 2 is 2.05 bits per heavy atom. The molecule has 0 heterocycles. The molecule has 1 unspecified atom stereocenters. The lowest BCUT2D eigenvalue weighted by atomic mass is 10.1. The summed E-state index contributed by atoms with van der Waals surface area (Å²) in [5.74, 6) is 0. The van der Waals surface area contributed by atoms with Crippen LogP contribution in [0.15, 0.2) is 24.3 Å². The molecule has 1 atom stereocenters. The van der Waals surface area contributed by atoms with Gasteiger partial charge in [0.1, 0.15) is 0 Å². The van der Waals surface area contributed by atoms with Crippen molar-refractivity contribution in [2.24, 2.45) is 0 Å². The van der Waals surface area contributed by atoms with Crippen LogP contribution in [0.4, 0.5) is 4.79 Å². The first-order valence-corrected chi connectivity index (χ1v) is 6.92. The zero-order valence-electron chi connectivity index (χ0n) is 11.6. The van der Waals surface area contributed by atoms with Gasteiger partial charge in [-0.2, -0.15) is 0 Å². The van der Waals surface area contributed by atoms with Crippen molar-refractivity contribution in [3.05, 3.63) is 34.9 Å². The molecule has 112 valence electrons. The average molecular weight is 301 g/mol. The van der Waals surface area contributed by atoms with E-state index < -0.39 is 6.10 Å². The number of hydrogen-bond donors (Lipinski definition) is 3. The summed E-state index contributed by atoms with van der Waals surface area (Å²) in [4.78, 5) is 11.4. The molecule has 1 aromatic carbocycles. The number of carbonyl (C=O) groups excluding carboxylic acids is 1. The molecule has 0 aliphatic carbocycles. The second-order valence-corrected chi connectivity index (χ2v) is 4.91. The molecule has 0 aliphatic heterocycles. The van der Waals surface area contributed by atoms with Crippen molar-refractivity contribution in [3.63, 3.8) is 0 Å². The van der Waals surface area contributed by atoms with Crippen molar-refractivity contribution in [3.8, 4) is 0 Å². The molecule has 0 fully saturated rings. The zero-order chi connectivity index (χ0) is 14.8. The average Bonchev–Trinajstić information content (AvgIpc) is 2.43. The summed E-state index contributed by atoms with van der Waals surface area (Å²) in [6, 6.07) is 7.38. The van der Waals surface area contributed by atoms with Crippen molar-refractivity contribution in [1.29, 1.82) is 0 Å². The van der Waals surface area contributed by atoms with Crippen LogP contribution in [0.5, 0.6) is 0 Å². The fraction of sp³-hybridized carbons (Fsp3) is 0.500. The molecule has 20 heavy (non-hydrogen) atoms. The number of aliphatic hydroxyl groups is 1. The number of aryl methyl sites for hydroxylation is 1. The van der Waals surface area contributed by atoms with Gasteiger partial charge < -0.3 is 20.5 Å². The number of hydrogen-bond acceptors (Lipinski definition) is 3. The Hall–Kier alpha value is -1.30. The number of aliphatic hydroxyl groups excluding tert-OH is 1. The monoisotopic (exact) mass is 300 g/mol. The van der Waals surface area contributed by atoms with E-state index in [0.717, 1.165) is 17.9 Å². The van der Waals surface area contributed by atoms with Crippen LogP contribution < -0.4 is 10.6 Å². The molecule has 1 aromatic rings. The Balaban J connectivity index is 2.08. The number of methoxy groups -OCH3 is 1. The largest absolute Gasteiger partial charge is 0.389 e. The normalized spacial score (nSPS) is 11.9. The molecule has 3 N–H and O–H groups in total. The van der Waals surface area contributed by atoms with Crippen LogP contribution in [-0.2, 0) is 11.2 Å². The number of benzene rings is 1. The smallest absolute Gasteiger partial charge is 0.314 e. The van der Waals surface area contributed by atoms with Gasteiger partial charge in [0.25, 0.3) is 0 Å². The van der Waals surface area contributed by atoms with Crippen LogP contribution in [0.2, 0.25) is 5.02 Å². The second-order valence-electron chi connectivity index (χ2n) is 4.48. The summed E-state index contributed by atoms with van der Waals surface area (Å²) in [7, 11) is 1.50. The maximum Gasteiger partial charge on any atom is 0.314 e. The molecule has 0 saturated heterocycles. The van der Waals surface area contributed by atoms with Gasteiger partial charge in [-0.3, -0.25) is 0 Å². The number of urea groups is 1. The predicted octanol–water partition coefficient (Wildman–Crippen LogP) is 1.58. The van der Waals surface area contributed by atoms with Gasteiger partial charge in [-0.1, -0.05) is 23.7 Å². The standard InChI is InChI=1S/C14H21ClN2O3/c1-20-10-13(18)9-17-14(19)16-8-2-3-11-4-6-12(15)7-5-11/h4-7,13,18H,2-3,8-10H2,1H3,(H2,16,17,19). The van der Waals surface area contributed by atoms with Crippen LogP contribution in [0.1, 0.15) is 12.0 Å². The van der Waals surface area contributed by atoms with E-state index in [1.807, 2.05) is 24.3 Å². The van der Waals surface area contributed by atoms with Gasteiger partial charge in [-0.15, -0.1) is 0 Å². The minimum absolute atomic E-state index is 0.177. The molecule has 0 radical (unpaired) electrons. The summed E-state index contributed by atoms with van der Waals surface area (Å²) >= 11 is 5.80. The fourth-order valence-corrected chi connectivity index (χ4v) is 1.80. The Morgan fingerprint density at radius 3 is 2.70 bits per heavy atom. The summed E-state index contributed by atoms with van der Waals surface area (Å²) in [5.41, 5.74) is 1.19. The van der Waals surface area contributed by atoms with Gasteiger partial charge in [-0.05, 0) is 30.5 Å². The first kappa shape index (κ1) is 16.8. The molecule has 1 rings (SSSR count). The lowest BCUT2D eigenvalue weighted by molar-refractivity contribution is 0.0660. The van der Waals surface area contributed by atoms with Gasteiger partial charge in [0.15, 0.2) is 0 Å². The lowest BCUT2D eigenvalue weighted by Gasteiger charge is -2.11. The number of carbonyl (C=O) groups is 1. The topological polar surface area (TPSA) is 70.6 Å². The highest BCUT2D eigenvalue weighted by molar-refractivity contribution is 6.30. The Kier molecular flexibility index (Phi) is 8.02. The van der Waals surface area contributed by atoms with Crippen molar-refractivity contribution in [2.45, 2.75) is 18.9 Å². The van der Waals surface area contributed by atoms with E-state index in [0.29, 0.717) is 6.54 Å². The van der Waals surface area contributed by atoms with Gasteiger partial charge in [0.05, 0.1) is 12.7 Å². The molecule has 0 bridgehead atoms. The minimum Gasteiger partial charge on any atom is -0.389 e. The van der Waals surface area contributed by atoms with Crippen LogP contribution in [0, 0.1) is 0 Å². The molecule has 0 spiro atoms. The molecule has 0 aromatic heterocycles. The quantitative estimate of drug-likeness (QED) is 0.638. The first-order chi connectivity index (χ1) is 9.61. The maximum atomic E-state index is 11.4. The van der Waals surface area contributed by atoms with Crippen molar-refractivity contribution in [2.75, 3.05) is 26.8 Å². The Labute approximate surface area is 124 Å². The zero-order valence-corrected chi connectivity index (χ0v) is 12.3. The van der Waals surface area contributed by atoms with E-state index in [9.17, 15) is 9.90 Å². The van der Waals surface area contributed by atoms with E-state index >= 15 is 0 Å². The third-order valence-corrected chi connectivity index (χ3v) is 2.95. The van der Waals surface area contributed by atoms with Crippen molar-refractivity contribution >= 4 is 17.6 Å². The van der Waals surface area contributed by atoms with E-state index in [4.69, 9.17) is 16.3 Å². The lowest BCUT2D eigenvalue weighted by Crippen LogP contribution is -2.41. The number of nitrogens with one attached hydrogen (secondary N) is 2. The van der Waals surface area contributed by atoms with Gasteiger partial charge in [-0.25, -0.2) is 4.79 Å². The van der Waals surface area contributed by atoms with E-state index in [2.05, 4.69) is 10.6 Å². The molecule has 6 heteroatoms. The number of rotatable bonds is 8. The summed E-state index contributed by atoms with van der Waals surface area (Å²) in [6.07, 6.45) is 1.04. The van der Waals surface area contributed by atoms with Crippen LogP contribution in [0.3, 0.4) is 0 Å². The van der Waals surface area contributed by atoms with Crippen LogP contribution in [0.25, 0.3) is 0 Å². The minimum atomic E-state index is -0.681. The molecule has 2 amide bonds. The first-order valence-electron chi connectivity index (χ1n) is 6.55. The highest BCUT2D eigenvalue weighted by Crippen LogP contribution is 2.10. The van der Waals surface area contributed by atoms with Gasteiger partial charge >= 0.3 is 6.03 Å². The van der Waals surface area contributed by atoms with Gasteiger partial charge in [0, 0.05) is 25.2 Å². The fourth-order valence-electron chi connectivity index (χ4n) is 1.67. The van der Waals surface area contributed by atoms with E-state index in [-0.39, 0.29) is 19.2 Å². The maximum absolute atomic E-state index is 11.4. The molecule has 5 nitrogen and oxygen atoms in total. The van der Waals surface area contributed by atoms with E-state index in [1.165, 1.54) is 12.7 Å². The summed E-state index contributed by atoms with van der Waals surface area (Å²) in [6.45, 7) is 0.961. The van der Waals surface area contributed by atoms with Crippen molar-refractivity contribution in [1.82, 2.24) is 10.6 Å². The Morgan fingerprint density at radius 1 is 1.35 bits per heavy atom. The van der Waals surface area contributed by atoms with Crippen molar-refractivity contribution < 1.29 is 14.6 Å². The molecular weight excluding hydrogens is 280 g/mol. The number of halogens is 1. The predicted molar refractivity (Wildman–Crippen MR) is 79.1 cm³/mol. The third-order valence-electron chi connectivity index (χ3n) is 2.70. The molecule has 0 saturated carbocycles. The highest BCUT2D eigenvalue weighted by atomic mass is 35.5. The SMILES string of the molecule is COCC(O)CNC(=O)NCCCc1ccc(Cl)cc1. The van der Waals surface area contributed by atoms with Gasteiger partial charge in [0.2, 0.25) is 0 Å². The highest BCUT2D eigenvalue weighted by Gasteiger charge is 2.05. The summed E-state index contributed by atoms with van der Waals surface area (Å²) in [5, 5.41) is 15.4. The molecular formula is C14H21ClN2O3. The number of ether oxygens (including phenoxy) is 1. The molecule has 0 aliphatic rings. The third kappa shape index (κ3) is 7.33. The summed E-state index contributed by atoms with van der Waals surface area (Å²) < 4.78 is 4.76. The van der Waals surface area contributed by atoms with E-state index in [1.54, 1.807) is 0 Å². The number of amides is 2. The van der Waals surface area contributed by atoms with Crippen LogP contribution in [-0.4, -0.2) is 44.0 Å². The second kappa shape index (κ2) is 9.58. The Bertz CT molecular complexity index is 398.